The van der Waals surface area contributed by atoms with Crippen molar-refractivity contribution in [2.24, 2.45) is 0 Å². The molecular formula is C19H20ClN5O2. The Hall–Kier alpha value is -2.48. The van der Waals surface area contributed by atoms with Crippen molar-refractivity contribution in [3.8, 4) is 0 Å². The largest absolute Gasteiger partial charge is 0.297 e. The quantitative estimate of drug-likeness (QED) is 0.497. The normalized spacial score (nSPS) is 16.0. The molecule has 27 heavy (non-hydrogen) atoms. The summed E-state index contributed by atoms with van der Waals surface area (Å²) in [5, 5.41) is 16.9. The van der Waals surface area contributed by atoms with Crippen LogP contribution in [0.25, 0.3) is 10.9 Å². The van der Waals surface area contributed by atoms with Crippen molar-refractivity contribution in [1.82, 2.24) is 19.6 Å². The van der Waals surface area contributed by atoms with Gasteiger partial charge < -0.3 is 0 Å². The van der Waals surface area contributed by atoms with E-state index in [2.05, 4.69) is 27.0 Å². The number of benzene rings is 2. The van der Waals surface area contributed by atoms with E-state index >= 15 is 0 Å². The monoisotopic (exact) mass is 385 g/mol. The van der Waals surface area contributed by atoms with Crippen LogP contribution in [0.2, 0.25) is 5.02 Å². The van der Waals surface area contributed by atoms with Crippen molar-refractivity contribution in [3.05, 3.63) is 69.4 Å². The molecule has 7 nitrogen and oxygen atoms in total. The summed E-state index contributed by atoms with van der Waals surface area (Å²) >= 11 is 5.94. The van der Waals surface area contributed by atoms with Crippen molar-refractivity contribution < 1.29 is 4.92 Å². The molecule has 0 saturated carbocycles. The predicted molar refractivity (Wildman–Crippen MR) is 105 cm³/mol. The number of hydrogen-bond donors (Lipinski definition) is 0. The predicted octanol–water partition coefficient (Wildman–Crippen LogP) is 3.37. The van der Waals surface area contributed by atoms with E-state index in [9.17, 15) is 10.1 Å². The summed E-state index contributed by atoms with van der Waals surface area (Å²) in [5.74, 6) is 0. The van der Waals surface area contributed by atoms with Crippen LogP contribution in [0.1, 0.15) is 5.56 Å². The number of fused-ring (bicyclic) bond motifs is 1. The molecule has 0 bridgehead atoms. The molecule has 0 aliphatic carbocycles. The van der Waals surface area contributed by atoms with Gasteiger partial charge in [0.15, 0.2) is 0 Å². The topological polar surface area (TPSA) is 67.4 Å². The van der Waals surface area contributed by atoms with E-state index in [1.54, 1.807) is 18.3 Å². The van der Waals surface area contributed by atoms with Crippen molar-refractivity contribution in [2.45, 2.75) is 13.2 Å². The van der Waals surface area contributed by atoms with Crippen LogP contribution in [0.4, 0.5) is 5.69 Å². The first-order valence-corrected chi connectivity index (χ1v) is 9.25. The van der Waals surface area contributed by atoms with Gasteiger partial charge in [0.25, 0.3) is 5.69 Å². The van der Waals surface area contributed by atoms with E-state index in [4.69, 9.17) is 11.6 Å². The van der Waals surface area contributed by atoms with Crippen LogP contribution in [-0.4, -0.2) is 50.7 Å². The fourth-order valence-electron chi connectivity index (χ4n) is 3.43. The van der Waals surface area contributed by atoms with E-state index in [1.807, 2.05) is 16.8 Å². The minimum absolute atomic E-state index is 0.0952. The van der Waals surface area contributed by atoms with Crippen molar-refractivity contribution in [2.75, 3.05) is 26.2 Å². The highest BCUT2D eigenvalue weighted by Crippen LogP contribution is 2.21. The molecule has 1 saturated heterocycles. The van der Waals surface area contributed by atoms with Crippen molar-refractivity contribution >= 4 is 28.2 Å². The van der Waals surface area contributed by atoms with Crippen molar-refractivity contribution in [1.29, 1.82) is 0 Å². The molecule has 1 aliphatic heterocycles. The summed E-state index contributed by atoms with van der Waals surface area (Å²) in [6.07, 6.45) is 1.69. The Morgan fingerprint density at radius 2 is 1.74 bits per heavy atom. The van der Waals surface area contributed by atoms with Gasteiger partial charge in [-0.3, -0.25) is 24.6 Å². The molecule has 0 amide bonds. The van der Waals surface area contributed by atoms with Crippen LogP contribution in [0, 0.1) is 10.1 Å². The molecule has 4 rings (SSSR count). The van der Waals surface area contributed by atoms with E-state index in [0.717, 1.165) is 48.6 Å². The lowest BCUT2D eigenvalue weighted by Gasteiger charge is -2.34. The highest BCUT2D eigenvalue weighted by atomic mass is 35.5. The minimum Gasteiger partial charge on any atom is -0.297 e. The Balaban J connectivity index is 1.36. The fourth-order valence-corrected chi connectivity index (χ4v) is 3.55. The Labute approximate surface area is 161 Å². The fraction of sp³-hybridized carbons (Fsp3) is 0.316. The number of nitro benzene ring substituents is 1. The van der Waals surface area contributed by atoms with Gasteiger partial charge in [0.2, 0.25) is 0 Å². The molecule has 0 spiro atoms. The maximum Gasteiger partial charge on any atom is 0.270 e. The van der Waals surface area contributed by atoms with Gasteiger partial charge in [-0.2, -0.15) is 5.10 Å². The molecule has 1 aromatic heterocycles. The first-order chi connectivity index (χ1) is 13.1. The van der Waals surface area contributed by atoms with Crippen LogP contribution < -0.4 is 0 Å². The average Bonchev–Trinajstić information content (AvgIpc) is 3.07. The number of non-ortho nitro benzene ring substituents is 1. The lowest BCUT2D eigenvalue weighted by Crippen LogP contribution is -2.46. The first kappa shape index (κ1) is 17.9. The second kappa shape index (κ2) is 7.64. The van der Waals surface area contributed by atoms with E-state index in [0.29, 0.717) is 6.67 Å². The number of aromatic nitrogens is 2. The van der Waals surface area contributed by atoms with Crippen LogP contribution in [0.5, 0.6) is 0 Å². The SMILES string of the molecule is O=[N+]([O-])c1ccc2c(cnn2CN2CCN(Cc3ccc(Cl)cc3)CC2)c1. The van der Waals surface area contributed by atoms with Crippen molar-refractivity contribution in [3.63, 3.8) is 0 Å². The van der Waals surface area contributed by atoms with Crippen LogP contribution in [-0.2, 0) is 13.2 Å². The summed E-state index contributed by atoms with van der Waals surface area (Å²) in [6, 6.07) is 12.9. The molecule has 8 heteroatoms. The zero-order chi connectivity index (χ0) is 18.8. The third-order valence-corrected chi connectivity index (χ3v) is 5.21. The summed E-state index contributed by atoms with van der Waals surface area (Å²) in [5.41, 5.74) is 2.29. The second-order valence-electron chi connectivity index (χ2n) is 6.81. The van der Waals surface area contributed by atoms with Crippen LogP contribution in [0.15, 0.2) is 48.7 Å². The van der Waals surface area contributed by atoms with E-state index in [1.165, 1.54) is 11.6 Å². The summed E-state index contributed by atoms with van der Waals surface area (Å²) < 4.78 is 1.91. The molecule has 140 valence electrons. The van der Waals surface area contributed by atoms with Crippen LogP contribution >= 0.6 is 11.6 Å². The molecule has 1 aliphatic rings. The number of nitrogens with zero attached hydrogens (tertiary/aromatic N) is 5. The number of piperazine rings is 1. The second-order valence-corrected chi connectivity index (χ2v) is 7.24. The zero-order valence-electron chi connectivity index (χ0n) is 14.8. The van der Waals surface area contributed by atoms with Gasteiger partial charge in [0.05, 0.1) is 23.3 Å². The molecule has 3 aromatic rings. The standard InChI is InChI=1S/C19H20ClN5O2/c20-17-3-1-15(2-4-17)13-22-7-9-23(10-8-22)14-24-19-6-5-18(25(26)27)11-16(19)12-21-24/h1-6,11-12H,7-10,13-14H2. The molecule has 2 aromatic carbocycles. The third-order valence-electron chi connectivity index (χ3n) is 4.95. The Kier molecular flexibility index (Phi) is 5.07. The molecule has 0 atom stereocenters. The van der Waals surface area contributed by atoms with Gasteiger partial charge in [-0.1, -0.05) is 23.7 Å². The lowest BCUT2D eigenvalue weighted by molar-refractivity contribution is -0.384. The maximum absolute atomic E-state index is 10.9. The molecule has 0 unspecified atom stereocenters. The summed E-state index contributed by atoms with van der Waals surface area (Å²) in [7, 11) is 0. The average molecular weight is 386 g/mol. The molecule has 0 N–H and O–H groups in total. The third kappa shape index (κ3) is 4.10. The Bertz CT molecular complexity index is 948. The van der Waals surface area contributed by atoms with Gasteiger partial charge in [0, 0.05) is 55.3 Å². The summed E-state index contributed by atoms with van der Waals surface area (Å²) in [6.45, 7) is 5.53. The zero-order valence-corrected chi connectivity index (χ0v) is 15.5. The van der Waals surface area contributed by atoms with Gasteiger partial charge in [0.1, 0.15) is 0 Å². The first-order valence-electron chi connectivity index (χ1n) is 8.87. The number of hydrogen-bond acceptors (Lipinski definition) is 5. The van der Waals surface area contributed by atoms with Gasteiger partial charge in [-0.15, -0.1) is 0 Å². The van der Waals surface area contributed by atoms with Crippen LogP contribution in [0.3, 0.4) is 0 Å². The lowest BCUT2D eigenvalue weighted by atomic mass is 10.2. The highest BCUT2D eigenvalue weighted by molar-refractivity contribution is 6.30. The van der Waals surface area contributed by atoms with Gasteiger partial charge in [-0.25, -0.2) is 0 Å². The summed E-state index contributed by atoms with van der Waals surface area (Å²) in [4.78, 5) is 15.3. The molecule has 2 heterocycles. The van der Waals surface area contributed by atoms with E-state index in [-0.39, 0.29) is 10.6 Å². The smallest absolute Gasteiger partial charge is 0.270 e. The number of nitro groups is 1. The van der Waals surface area contributed by atoms with Gasteiger partial charge >= 0.3 is 0 Å². The highest BCUT2D eigenvalue weighted by Gasteiger charge is 2.18. The molecular weight excluding hydrogens is 366 g/mol. The number of rotatable bonds is 5. The number of halogens is 1. The molecule has 1 fully saturated rings. The molecule has 0 radical (unpaired) electrons. The minimum atomic E-state index is -0.378. The maximum atomic E-state index is 10.9. The Morgan fingerprint density at radius 3 is 2.44 bits per heavy atom. The van der Waals surface area contributed by atoms with E-state index < -0.39 is 0 Å². The Morgan fingerprint density at radius 1 is 1.04 bits per heavy atom. The van der Waals surface area contributed by atoms with Gasteiger partial charge in [-0.05, 0) is 23.8 Å².